The fourth-order valence-corrected chi connectivity index (χ4v) is 5.38. The lowest BCUT2D eigenvalue weighted by atomic mass is 10.2. The molecule has 1 saturated heterocycles. The van der Waals surface area contributed by atoms with Crippen molar-refractivity contribution in [2.24, 2.45) is 0 Å². The Bertz CT molecular complexity index is 1090. The van der Waals surface area contributed by atoms with Gasteiger partial charge in [-0.25, -0.2) is 9.78 Å². The summed E-state index contributed by atoms with van der Waals surface area (Å²) in [6.45, 7) is 1.65. The predicted molar refractivity (Wildman–Crippen MR) is 135 cm³/mol. The van der Waals surface area contributed by atoms with E-state index in [1.165, 1.54) is 17.7 Å². The molecule has 37 heavy (non-hydrogen) atoms. The van der Waals surface area contributed by atoms with Gasteiger partial charge in [0.1, 0.15) is 6.23 Å². The lowest BCUT2D eigenvalue weighted by Crippen LogP contribution is -2.35. The number of carbonyl (C=O) groups is 2. The molecular weight excluding hydrogens is 527 g/mol. The van der Waals surface area contributed by atoms with Crippen LogP contribution in [-0.4, -0.2) is 86.7 Å². The Morgan fingerprint density at radius 1 is 1.27 bits per heavy atom. The van der Waals surface area contributed by atoms with E-state index in [-0.39, 0.29) is 36.3 Å². The Balaban J connectivity index is 1.29. The number of imidazole rings is 1. The Labute approximate surface area is 220 Å². The molecule has 0 spiro atoms. The molecule has 1 aliphatic heterocycles. The number of amides is 1. The quantitative estimate of drug-likeness (QED) is 0.181. The van der Waals surface area contributed by atoms with Gasteiger partial charge in [-0.2, -0.15) is 9.97 Å². The maximum absolute atomic E-state index is 12.5. The van der Waals surface area contributed by atoms with Gasteiger partial charge in [-0.1, -0.05) is 12.8 Å². The molecule has 0 aromatic carbocycles. The molecule has 4 rings (SSSR count). The molecule has 15 heteroatoms. The molecule has 2 aromatic heterocycles. The zero-order valence-electron chi connectivity index (χ0n) is 20.8. The molecule has 0 bridgehead atoms. The first kappa shape index (κ1) is 27.7. The number of hydrogen-bond acceptors (Lipinski definition) is 11. The number of anilines is 1. The van der Waals surface area contributed by atoms with Crippen LogP contribution < -0.4 is 5.32 Å². The van der Waals surface area contributed by atoms with E-state index in [1.54, 1.807) is 20.3 Å². The van der Waals surface area contributed by atoms with Crippen molar-refractivity contribution in [1.82, 2.24) is 24.4 Å². The summed E-state index contributed by atoms with van der Waals surface area (Å²) < 4.78 is 22.3. The molecule has 3 heterocycles. The number of fused-ring (bicyclic) bond motifs is 1. The van der Waals surface area contributed by atoms with Crippen molar-refractivity contribution in [3.63, 3.8) is 0 Å². The number of hydrogen-bond donors (Lipinski definition) is 2. The summed E-state index contributed by atoms with van der Waals surface area (Å²) in [4.78, 5) is 48.4. The molecule has 204 valence electrons. The highest BCUT2D eigenvalue weighted by molar-refractivity contribution is 7.47. The summed E-state index contributed by atoms with van der Waals surface area (Å²) in [5.74, 6) is 0.322. The summed E-state index contributed by atoms with van der Waals surface area (Å²) in [5, 5.41) is 3.60. The summed E-state index contributed by atoms with van der Waals surface area (Å²) in [7, 11) is -0.453. The third kappa shape index (κ3) is 7.38. The van der Waals surface area contributed by atoms with Crippen molar-refractivity contribution in [3.05, 3.63) is 11.6 Å². The minimum atomic E-state index is -2.09. The van der Waals surface area contributed by atoms with Gasteiger partial charge < -0.3 is 29.3 Å². The van der Waals surface area contributed by atoms with Crippen LogP contribution in [0.3, 0.4) is 0 Å². The zero-order valence-corrected chi connectivity index (χ0v) is 22.5. The van der Waals surface area contributed by atoms with E-state index in [2.05, 4.69) is 29.7 Å². The van der Waals surface area contributed by atoms with Crippen molar-refractivity contribution < 1.29 is 33.2 Å². The molecule has 2 aliphatic rings. The fraction of sp³-hybridized carbons (Fsp3) is 0.682. The van der Waals surface area contributed by atoms with Crippen molar-refractivity contribution in [2.45, 2.75) is 63.8 Å². The summed E-state index contributed by atoms with van der Waals surface area (Å²) in [6, 6.07) is 0.356. The summed E-state index contributed by atoms with van der Waals surface area (Å²) in [5.41, 5.74) is 1.25. The van der Waals surface area contributed by atoms with E-state index in [9.17, 15) is 14.5 Å². The third-order valence-corrected chi connectivity index (χ3v) is 7.41. The van der Waals surface area contributed by atoms with E-state index >= 15 is 0 Å². The van der Waals surface area contributed by atoms with Gasteiger partial charge in [-0.15, -0.1) is 0 Å². The van der Waals surface area contributed by atoms with Gasteiger partial charge in [0.15, 0.2) is 25.4 Å². The van der Waals surface area contributed by atoms with Crippen molar-refractivity contribution in [3.8, 4) is 0 Å². The number of ether oxygens (including phenoxy) is 3. The average molecular weight is 559 g/mol. The molecule has 1 aliphatic carbocycles. The highest BCUT2D eigenvalue weighted by Gasteiger charge is 2.31. The minimum Gasteiger partial charge on any atom is -0.435 e. The van der Waals surface area contributed by atoms with Crippen LogP contribution in [0.25, 0.3) is 11.2 Å². The van der Waals surface area contributed by atoms with Gasteiger partial charge in [0.2, 0.25) is 18.0 Å². The van der Waals surface area contributed by atoms with Gasteiger partial charge in [0, 0.05) is 19.6 Å². The first-order valence-electron chi connectivity index (χ1n) is 12.3. The topological polar surface area (TPSA) is 150 Å². The van der Waals surface area contributed by atoms with Gasteiger partial charge in [0.25, 0.3) is 0 Å². The number of carbonyl (C=O) groups excluding carboxylic acids is 2. The normalized spacial score (nSPS) is 20.8. The van der Waals surface area contributed by atoms with Gasteiger partial charge in [-0.3, -0.25) is 13.9 Å². The molecule has 0 radical (unpaired) electrons. The smallest absolute Gasteiger partial charge is 0.435 e. The standard InChI is InChI=1S/C22H32ClN6O7P/c1-3-33-22(31)34-13-35-37(32)11-16(30)28(2)10-15-8-9-17(36-15)29-12-24-18-19(25-14-6-4-5-7-14)26-21(23)27-20(18)29/h12,14-15,17,32H,3-11,13H2,1-2H3,(H,25,26,27). The Morgan fingerprint density at radius 3 is 2.81 bits per heavy atom. The molecule has 3 unspecified atom stereocenters. The molecule has 2 fully saturated rings. The second-order valence-electron chi connectivity index (χ2n) is 8.94. The van der Waals surface area contributed by atoms with Crippen molar-refractivity contribution in [1.29, 1.82) is 0 Å². The Morgan fingerprint density at radius 2 is 2.05 bits per heavy atom. The Kier molecular flexibility index (Phi) is 9.71. The molecular formula is C22H32ClN6O7P. The van der Waals surface area contributed by atoms with Crippen LogP contribution in [0.15, 0.2) is 6.33 Å². The summed E-state index contributed by atoms with van der Waals surface area (Å²) >= 11 is 6.23. The van der Waals surface area contributed by atoms with Gasteiger partial charge in [-0.05, 0) is 44.2 Å². The number of likely N-dealkylation sites (N-methyl/N-ethyl adjacent to an activating group) is 1. The Hall–Kier alpha value is -2.31. The molecule has 1 amide bonds. The highest BCUT2D eigenvalue weighted by atomic mass is 35.5. The lowest BCUT2D eigenvalue weighted by Gasteiger charge is -2.23. The summed E-state index contributed by atoms with van der Waals surface area (Å²) in [6.07, 6.45) is 6.06. The first-order valence-corrected chi connectivity index (χ1v) is 14.1. The van der Waals surface area contributed by atoms with E-state index in [0.717, 1.165) is 19.3 Å². The molecule has 3 atom stereocenters. The third-order valence-electron chi connectivity index (χ3n) is 6.30. The largest absolute Gasteiger partial charge is 0.510 e. The number of rotatable bonds is 11. The lowest BCUT2D eigenvalue weighted by molar-refractivity contribution is -0.129. The van der Waals surface area contributed by atoms with Gasteiger partial charge in [0.05, 0.1) is 25.2 Å². The molecule has 2 N–H and O–H groups in total. The van der Waals surface area contributed by atoms with E-state index in [0.29, 0.717) is 36.0 Å². The monoisotopic (exact) mass is 558 g/mol. The van der Waals surface area contributed by atoms with Crippen LogP contribution >= 0.6 is 20.0 Å². The number of nitrogens with zero attached hydrogens (tertiary/aromatic N) is 5. The van der Waals surface area contributed by atoms with Crippen LogP contribution in [0.1, 0.15) is 51.7 Å². The molecule has 2 aromatic rings. The molecule has 1 saturated carbocycles. The van der Waals surface area contributed by atoms with Crippen LogP contribution in [0.4, 0.5) is 10.6 Å². The maximum Gasteiger partial charge on any atom is 0.510 e. The predicted octanol–water partition coefficient (Wildman–Crippen LogP) is 3.42. The van der Waals surface area contributed by atoms with E-state index in [1.807, 2.05) is 4.57 Å². The van der Waals surface area contributed by atoms with Crippen molar-refractivity contribution in [2.75, 3.05) is 38.5 Å². The van der Waals surface area contributed by atoms with E-state index in [4.69, 9.17) is 20.9 Å². The SMILES string of the molecule is CCOC(=O)OCOP(O)CC(=O)N(C)CC1CCC(n2cnc3c(NC4CCCC4)nc(Cl)nc32)O1. The fourth-order valence-electron chi connectivity index (χ4n) is 4.47. The second kappa shape index (κ2) is 13.0. The van der Waals surface area contributed by atoms with Gasteiger partial charge >= 0.3 is 6.16 Å². The highest BCUT2D eigenvalue weighted by Crippen LogP contribution is 2.34. The minimum absolute atomic E-state index is 0.144. The van der Waals surface area contributed by atoms with Crippen LogP contribution in [0.5, 0.6) is 0 Å². The average Bonchev–Trinajstić information content (AvgIpc) is 3.60. The first-order chi connectivity index (χ1) is 17.8. The molecule has 13 nitrogen and oxygen atoms in total. The van der Waals surface area contributed by atoms with Crippen LogP contribution in [0, 0.1) is 0 Å². The number of nitrogens with one attached hydrogen (secondary N) is 1. The van der Waals surface area contributed by atoms with Crippen molar-refractivity contribution >= 4 is 49.0 Å². The zero-order chi connectivity index (χ0) is 26.4. The van der Waals surface area contributed by atoms with E-state index < -0.39 is 21.3 Å². The maximum atomic E-state index is 12.5. The number of aromatic nitrogens is 4. The second-order valence-corrected chi connectivity index (χ2v) is 10.6. The number of halogens is 1. The van der Waals surface area contributed by atoms with Crippen LogP contribution in [-0.2, 0) is 23.5 Å². The van der Waals surface area contributed by atoms with Crippen LogP contribution in [0.2, 0.25) is 5.28 Å².